The second-order valence-corrected chi connectivity index (χ2v) is 5.18. The van der Waals surface area contributed by atoms with Gasteiger partial charge in [-0.25, -0.2) is 4.98 Å². The maximum absolute atomic E-state index is 4.70. The molecule has 2 heterocycles. The van der Waals surface area contributed by atoms with Gasteiger partial charge in [0.15, 0.2) is 0 Å². The Morgan fingerprint density at radius 3 is 2.83 bits per heavy atom. The van der Waals surface area contributed by atoms with E-state index in [9.17, 15) is 0 Å². The van der Waals surface area contributed by atoms with Crippen molar-refractivity contribution in [2.24, 2.45) is 7.05 Å². The number of para-hydroxylation sites is 2. The maximum Gasteiger partial charge on any atom is 0.131 e. The molecule has 0 saturated carbocycles. The molecular formula is C14H15N3S. The highest BCUT2D eigenvalue weighted by Crippen LogP contribution is 2.23. The molecule has 2 aromatic heterocycles. The van der Waals surface area contributed by atoms with Crippen LogP contribution in [-0.2, 0) is 7.05 Å². The lowest BCUT2D eigenvalue weighted by atomic mass is 10.3. The Labute approximate surface area is 110 Å². The van der Waals surface area contributed by atoms with Gasteiger partial charge >= 0.3 is 0 Å². The predicted octanol–water partition coefficient (Wildman–Crippen LogP) is 3.81. The van der Waals surface area contributed by atoms with E-state index < -0.39 is 0 Å². The van der Waals surface area contributed by atoms with E-state index >= 15 is 0 Å². The summed E-state index contributed by atoms with van der Waals surface area (Å²) in [5.41, 5.74) is 3.37. The van der Waals surface area contributed by atoms with Crippen molar-refractivity contribution >= 4 is 28.1 Å². The van der Waals surface area contributed by atoms with Crippen LogP contribution in [0.3, 0.4) is 0 Å². The number of anilines is 1. The van der Waals surface area contributed by atoms with Gasteiger partial charge in [0.1, 0.15) is 5.82 Å². The first-order valence-corrected chi connectivity index (χ1v) is 6.90. The van der Waals surface area contributed by atoms with Gasteiger partial charge in [0.2, 0.25) is 0 Å². The molecule has 3 nitrogen and oxygen atoms in total. The fourth-order valence-electron chi connectivity index (χ4n) is 2.21. The van der Waals surface area contributed by atoms with Crippen LogP contribution in [0.25, 0.3) is 11.0 Å². The average Bonchev–Trinajstić information content (AvgIpc) is 2.98. The maximum atomic E-state index is 4.70. The second-order valence-electron chi connectivity index (χ2n) is 4.40. The third-order valence-corrected chi connectivity index (χ3v) is 3.80. The zero-order valence-electron chi connectivity index (χ0n) is 10.4. The van der Waals surface area contributed by atoms with Crippen molar-refractivity contribution in [3.8, 4) is 0 Å². The number of nitrogens with one attached hydrogen (secondary N) is 1. The van der Waals surface area contributed by atoms with Crippen molar-refractivity contribution < 1.29 is 0 Å². The zero-order valence-corrected chi connectivity index (χ0v) is 11.2. The van der Waals surface area contributed by atoms with Gasteiger partial charge in [-0.2, -0.15) is 11.3 Å². The number of nitrogens with zero attached hydrogens (tertiary/aromatic N) is 2. The lowest BCUT2D eigenvalue weighted by molar-refractivity contribution is 0.734. The number of benzene rings is 1. The average molecular weight is 257 g/mol. The molecule has 1 N–H and O–H groups in total. The number of imidazole rings is 1. The van der Waals surface area contributed by atoms with Crippen molar-refractivity contribution in [1.29, 1.82) is 0 Å². The highest BCUT2D eigenvalue weighted by atomic mass is 32.1. The summed E-state index contributed by atoms with van der Waals surface area (Å²) < 4.78 is 2.15. The standard InChI is InChI=1S/C14H15N3S/c1-10(15-11-7-8-18-9-11)14-16-12-5-3-4-6-13(12)17(14)2/h3-10,15H,1-2H3. The molecule has 18 heavy (non-hydrogen) atoms. The van der Waals surface area contributed by atoms with Gasteiger partial charge in [0.25, 0.3) is 0 Å². The lowest BCUT2D eigenvalue weighted by Gasteiger charge is -2.13. The van der Waals surface area contributed by atoms with E-state index in [1.807, 2.05) is 12.1 Å². The number of fused-ring (bicyclic) bond motifs is 1. The molecule has 92 valence electrons. The van der Waals surface area contributed by atoms with Crippen molar-refractivity contribution in [3.05, 3.63) is 46.9 Å². The normalized spacial score (nSPS) is 12.8. The Kier molecular flexibility index (Phi) is 2.80. The number of hydrogen-bond donors (Lipinski definition) is 1. The van der Waals surface area contributed by atoms with Crippen molar-refractivity contribution in [2.75, 3.05) is 5.32 Å². The Balaban J connectivity index is 1.96. The Hall–Kier alpha value is -1.81. The lowest BCUT2D eigenvalue weighted by Crippen LogP contribution is -2.11. The number of aromatic nitrogens is 2. The van der Waals surface area contributed by atoms with Gasteiger partial charge < -0.3 is 9.88 Å². The highest BCUT2D eigenvalue weighted by molar-refractivity contribution is 7.08. The SMILES string of the molecule is CC(Nc1ccsc1)c1nc2ccccc2n1C. The molecule has 3 rings (SSSR count). The number of aryl methyl sites for hydroxylation is 1. The van der Waals surface area contributed by atoms with E-state index in [2.05, 4.69) is 52.8 Å². The first-order chi connectivity index (χ1) is 8.75. The van der Waals surface area contributed by atoms with E-state index in [0.717, 1.165) is 17.0 Å². The Bertz CT molecular complexity index is 655. The van der Waals surface area contributed by atoms with Gasteiger partial charge in [-0.1, -0.05) is 12.1 Å². The molecule has 1 aromatic carbocycles. The van der Waals surface area contributed by atoms with E-state index in [-0.39, 0.29) is 6.04 Å². The summed E-state index contributed by atoms with van der Waals surface area (Å²) in [4.78, 5) is 4.70. The number of hydrogen-bond acceptors (Lipinski definition) is 3. The minimum atomic E-state index is 0.192. The Morgan fingerprint density at radius 1 is 1.28 bits per heavy atom. The minimum Gasteiger partial charge on any atom is -0.375 e. The molecule has 0 aliphatic carbocycles. The second kappa shape index (κ2) is 4.46. The third kappa shape index (κ3) is 1.88. The van der Waals surface area contributed by atoms with Crippen LogP contribution in [0.2, 0.25) is 0 Å². The van der Waals surface area contributed by atoms with Gasteiger partial charge in [0, 0.05) is 18.1 Å². The third-order valence-electron chi connectivity index (χ3n) is 3.11. The molecule has 3 aromatic rings. The molecule has 0 aliphatic heterocycles. The molecule has 0 spiro atoms. The summed E-state index contributed by atoms with van der Waals surface area (Å²) in [5, 5.41) is 7.65. The van der Waals surface area contributed by atoms with Crippen LogP contribution in [-0.4, -0.2) is 9.55 Å². The van der Waals surface area contributed by atoms with Crippen LogP contribution in [0.1, 0.15) is 18.8 Å². The van der Waals surface area contributed by atoms with Gasteiger partial charge in [0.05, 0.1) is 17.1 Å². The van der Waals surface area contributed by atoms with Gasteiger partial charge in [-0.15, -0.1) is 0 Å². The van der Waals surface area contributed by atoms with Crippen LogP contribution in [0, 0.1) is 0 Å². The zero-order chi connectivity index (χ0) is 12.5. The fraction of sp³-hybridized carbons (Fsp3) is 0.214. The minimum absolute atomic E-state index is 0.192. The van der Waals surface area contributed by atoms with E-state index in [1.165, 1.54) is 5.52 Å². The van der Waals surface area contributed by atoms with Crippen LogP contribution in [0.4, 0.5) is 5.69 Å². The molecule has 0 amide bonds. The van der Waals surface area contributed by atoms with Crippen LogP contribution in [0.15, 0.2) is 41.1 Å². The quantitative estimate of drug-likeness (QED) is 0.773. The van der Waals surface area contributed by atoms with Crippen LogP contribution in [0.5, 0.6) is 0 Å². The topological polar surface area (TPSA) is 29.9 Å². The molecule has 0 aliphatic rings. The molecule has 4 heteroatoms. The molecule has 1 unspecified atom stereocenters. The largest absolute Gasteiger partial charge is 0.375 e. The molecule has 0 bridgehead atoms. The van der Waals surface area contributed by atoms with Gasteiger partial charge in [-0.05, 0) is 30.5 Å². The fourth-order valence-corrected chi connectivity index (χ4v) is 2.81. The molecule has 0 radical (unpaired) electrons. The van der Waals surface area contributed by atoms with Crippen molar-refractivity contribution in [1.82, 2.24) is 9.55 Å². The monoisotopic (exact) mass is 257 g/mol. The number of thiophene rings is 1. The molecule has 0 saturated heterocycles. The van der Waals surface area contributed by atoms with E-state index in [1.54, 1.807) is 11.3 Å². The predicted molar refractivity (Wildman–Crippen MR) is 77.1 cm³/mol. The van der Waals surface area contributed by atoms with Gasteiger partial charge in [-0.3, -0.25) is 0 Å². The van der Waals surface area contributed by atoms with Crippen molar-refractivity contribution in [2.45, 2.75) is 13.0 Å². The van der Waals surface area contributed by atoms with Crippen LogP contribution >= 0.6 is 11.3 Å². The summed E-state index contributed by atoms with van der Waals surface area (Å²) in [6, 6.07) is 10.5. The van der Waals surface area contributed by atoms with E-state index in [0.29, 0.717) is 0 Å². The van der Waals surface area contributed by atoms with E-state index in [4.69, 9.17) is 4.98 Å². The van der Waals surface area contributed by atoms with Crippen LogP contribution < -0.4 is 5.32 Å². The first kappa shape index (κ1) is 11.3. The van der Waals surface area contributed by atoms with Crippen molar-refractivity contribution in [3.63, 3.8) is 0 Å². The summed E-state index contributed by atoms with van der Waals surface area (Å²) in [5.74, 6) is 1.06. The molecule has 1 atom stereocenters. The highest BCUT2D eigenvalue weighted by Gasteiger charge is 2.13. The smallest absolute Gasteiger partial charge is 0.131 e. The summed E-state index contributed by atoms with van der Waals surface area (Å²) in [6.45, 7) is 2.14. The molecule has 0 fully saturated rings. The summed E-state index contributed by atoms with van der Waals surface area (Å²) in [7, 11) is 2.07. The summed E-state index contributed by atoms with van der Waals surface area (Å²) in [6.07, 6.45) is 0. The summed E-state index contributed by atoms with van der Waals surface area (Å²) >= 11 is 1.70. The molecular weight excluding hydrogens is 242 g/mol. The Morgan fingerprint density at radius 2 is 2.11 bits per heavy atom. The first-order valence-electron chi connectivity index (χ1n) is 5.96. The number of rotatable bonds is 3.